The zero-order valence-corrected chi connectivity index (χ0v) is 11.3. The molecular weight excluding hydrogens is 242 g/mol. The van der Waals surface area contributed by atoms with Crippen molar-refractivity contribution >= 4 is 11.3 Å². The van der Waals surface area contributed by atoms with E-state index in [9.17, 15) is 0 Å². The minimum Gasteiger partial charge on any atom is -0.320 e. The van der Waals surface area contributed by atoms with Crippen LogP contribution in [0.25, 0.3) is 11.3 Å². The summed E-state index contributed by atoms with van der Waals surface area (Å²) in [5.41, 5.74) is 8.30. The first-order valence-electron chi connectivity index (χ1n) is 5.82. The highest BCUT2D eigenvalue weighted by molar-refractivity contribution is 7.10. The number of hydrogen-bond acceptors (Lipinski definition) is 4. The fraction of sp³-hybridized carbons (Fsp3) is 0.286. The van der Waals surface area contributed by atoms with E-state index in [1.807, 2.05) is 30.5 Å². The Morgan fingerprint density at radius 1 is 1.50 bits per heavy atom. The molecular formula is C14H15N3S. The molecule has 4 heteroatoms. The van der Waals surface area contributed by atoms with E-state index < -0.39 is 0 Å². The number of thiazole rings is 1. The molecule has 0 amide bonds. The number of benzene rings is 1. The molecule has 1 unspecified atom stereocenters. The van der Waals surface area contributed by atoms with Crippen molar-refractivity contribution in [2.24, 2.45) is 5.73 Å². The maximum atomic E-state index is 8.89. The molecule has 0 saturated carbocycles. The van der Waals surface area contributed by atoms with Crippen molar-refractivity contribution in [1.82, 2.24) is 4.98 Å². The predicted molar refractivity (Wildman–Crippen MR) is 74.1 cm³/mol. The largest absolute Gasteiger partial charge is 0.320 e. The summed E-state index contributed by atoms with van der Waals surface area (Å²) in [7, 11) is 0. The van der Waals surface area contributed by atoms with Gasteiger partial charge >= 0.3 is 0 Å². The third-order valence-electron chi connectivity index (χ3n) is 3.01. The molecule has 1 atom stereocenters. The van der Waals surface area contributed by atoms with E-state index in [1.165, 1.54) is 0 Å². The van der Waals surface area contributed by atoms with Crippen LogP contribution in [0.15, 0.2) is 29.6 Å². The van der Waals surface area contributed by atoms with Crippen molar-refractivity contribution in [3.05, 3.63) is 40.2 Å². The molecule has 2 rings (SSSR count). The highest BCUT2D eigenvalue weighted by Crippen LogP contribution is 2.29. The maximum absolute atomic E-state index is 8.89. The van der Waals surface area contributed by atoms with E-state index in [4.69, 9.17) is 11.0 Å². The standard InChI is InChI=1S/C14H15N3S/c1-3-14(2,16)13-17-12(9-18-13)11-6-4-5-10(7-11)8-15/h4-7,9H,3,16H2,1-2H3. The molecule has 1 heterocycles. The number of nitrogens with zero attached hydrogens (tertiary/aromatic N) is 2. The molecule has 1 aromatic carbocycles. The number of hydrogen-bond donors (Lipinski definition) is 1. The summed E-state index contributed by atoms with van der Waals surface area (Å²) in [4.78, 5) is 4.58. The Labute approximate surface area is 111 Å². The molecule has 2 N–H and O–H groups in total. The summed E-state index contributed by atoms with van der Waals surface area (Å²) in [5.74, 6) is 0. The monoisotopic (exact) mass is 257 g/mol. The van der Waals surface area contributed by atoms with Gasteiger partial charge < -0.3 is 5.73 Å². The third-order valence-corrected chi connectivity index (χ3v) is 4.14. The molecule has 0 spiro atoms. The van der Waals surface area contributed by atoms with Crippen LogP contribution < -0.4 is 5.73 Å². The van der Waals surface area contributed by atoms with Gasteiger partial charge in [0.05, 0.1) is 22.9 Å². The van der Waals surface area contributed by atoms with Gasteiger partial charge in [0, 0.05) is 10.9 Å². The van der Waals surface area contributed by atoms with E-state index in [0.29, 0.717) is 5.56 Å². The molecule has 0 saturated heterocycles. The SMILES string of the molecule is CCC(C)(N)c1nc(-c2cccc(C#N)c2)cs1. The molecule has 2 aromatic rings. The molecule has 0 radical (unpaired) electrons. The lowest BCUT2D eigenvalue weighted by Gasteiger charge is -2.18. The van der Waals surface area contributed by atoms with Crippen LogP contribution in [0.2, 0.25) is 0 Å². The van der Waals surface area contributed by atoms with Gasteiger partial charge in [0.15, 0.2) is 0 Å². The van der Waals surface area contributed by atoms with Crippen molar-refractivity contribution in [3.8, 4) is 17.3 Å². The second kappa shape index (κ2) is 4.89. The van der Waals surface area contributed by atoms with Crippen LogP contribution >= 0.6 is 11.3 Å². The summed E-state index contributed by atoms with van der Waals surface area (Å²) in [6.07, 6.45) is 0.845. The smallest absolute Gasteiger partial charge is 0.113 e. The number of aromatic nitrogens is 1. The number of rotatable bonds is 3. The summed E-state index contributed by atoms with van der Waals surface area (Å²) in [6.45, 7) is 4.04. The van der Waals surface area contributed by atoms with Crippen LogP contribution in [0.4, 0.5) is 0 Å². The topological polar surface area (TPSA) is 62.7 Å². The van der Waals surface area contributed by atoms with Crippen LogP contribution in [-0.2, 0) is 5.54 Å². The number of nitrogens with two attached hydrogens (primary N) is 1. The molecule has 92 valence electrons. The second-order valence-electron chi connectivity index (χ2n) is 4.50. The lowest BCUT2D eigenvalue weighted by molar-refractivity contribution is 0.474. The highest BCUT2D eigenvalue weighted by atomic mass is 32.1. The maximum Gasteiger partial charge on any atom is 0.113 e. The fourth-order valence-corrected chi connectivity index (χ4v) is 2.54. The van der Waals surface area contributed by atoms with E-state index in [-0.39, 0.29) is 5.54 Å². The molecule has 18 heavy (non-hydrogen) atoms. The van der Waals surface area contributed by atoms with Crippen molar-refractivity contribution in [3.63, 3.8) is 0 Å². The summed E-state index contributed by atoms with van der Waals surface area (Å²) in [6, 6.07) is 9.60. The van der Waals surface area contributed by atoms with Gasteiger partial charge in [-0.25, -0.2) is 4.98 Å². The van der Waals surface area contributed by atoms with E-state index in [2.05, 4.69) is 18.0 Å². The van der Waals surface area contributed by atoms with Gasteiger partial charge in [0.2, 0.25) is 0 Å². The quantitative estimate of drug-likeness (QED) is 0.918. The molecule has 0 fully saturated rings. The van der Waals surface area contributed by atoms with Gasteiger partial charge in [-0.2, -0.15) is 5.26 Å². The lowest BCUT2D eigenvalue weighted by atomic mass is 10.0. The van der Waals surface area contributed by atoms with Gasteiger partial charge in [0.25, 0.3) is 0 Å². The molecule has 0 aliphatic carbocycles. The Morgan fingerprint density at radius 3 is 2.94 bits per heavy atom. The Kier molecular flexibility index (Phi) is 3.46. The number of nitriles is 1. The minimum absolute atomic E-state index is 0.379. The van der Waals surface area contributed by atoms with E-state index in [0.717, 1.165) is 22.7 Å². The van der Waals surface area contributed by atoms with Crippen LogP contribution in [-0.4, -0.2) is 4.98 Å². The van der Waals surface area contributed by atoms with E-state index in [1.54, 1.807) is 17.4 Å². The Bertz CT molecular complexity index is 593. The summed E-state index contributed by atoms with van der Waals surface area (Å²) in [5, 5.41) is 11.8. The highest BCUT2D eigenvalue weighted by Gasteiger charge is 2.22. The van der Waals surface area contributed by atoms with Crippen LogP contribution in [0.3, 0.4) is 0 Å². The van der Waals surface area contributed by atoms with Crippen LogP contribution in [0.1, 0.15) is 30.8 Å². The summed E-state index contributed by atoms with van der Waals surface area (Å²) < 4.78 is 0. The first kappa shape index (κ1) is 12.7. The van der Waals surface area contributed by atoms with E-state index >= 15 is 0 Å². The molecule has 1 aromatic heterocycles. The van der Waals surface area contributed by atoms with Gasteiger partial charge in [-0.05, 0) is 25.5 Å². The fourth-order valence-electron chi connectivity index (χ4n) is 1.57. The normalized spacial score (nSPS) is 13.9. The predicted octanol–water partition coefficient (Wildman–Crippen LogP) is 3.27. The zero-order valence-electron chi connectivity index (χ0n) is 10.5. The van der Waals surface area contributed by atoms with Crippen molar-refractivity contribution in [2.75, 3.05) is 0 Å². The third kappa shape index (κ3) is 2.42. The second-order valence-corrected chi connectivity index (χ2v) is 5.36. The lowest BCUT2D eigenvalue weighted by Crippen LogP contribution is -2.31. The summed E-state index contributed by atoms with van der Waals surface area (Å²) >= 11 is 1.57. The van der Waals surface area contributed by atoms with Gasteiger partial charge in [0.1, 0.15) is 5.01 Å². The van der Waals surface area contributed by atoms with Crippen molar-refractivity contribution in [2.45, 2.75) is 25.8 Å². The van der Waals surface area contributed by atoms with Crippen LogP contribution in [0, 0.1) is 11.3 Å². The van der Waals surface area contributed by atoms with Crippen molar-refractivity contribution in [1.29, 1.82) is 5.26 Å². The van der Waals surface area contributed by atoms with Crippen LogP contribution in [0.5, 0.6) is 0 Å². The first-order chi connectivity index (χ1) is 8.56. The average Bonchev–Trinajstić information content (AvgIpc) is 2.89. The van der Waals surface area contributed by atoms with Gasteiger partial charge in [-0.15, -0.1) is 11.3 Å². The Hall–Kier alpha value is -1.70. The Morgan fingerprint density at radius 2 is 2.28 bits per heavy atom. The zero-order chi connectivity index (χ0) is 13.2. The minimum atomic E-state index is -0.379. The first-order valence-corrected chi connectivity index (χ1v) is 6.70. The molecule has 0 aliphatic heterocycles. The average molecular weight is 257 g/mol. The van der Waals surface area contributed by atoms with Crippen molar-refractivity contribution < 1.29 is 0 Å². The Balaban J connectivity index is 2.38. The molecule has 0 aliphatic rings. The molecule has 0 bridgehead atoms. The molecule has 3 nitrogen and oxygen atoms in total. The van der Waals surface area contributed by atoms with Gasteiger partial charge in [-0.1, -0.05) is 19.1 Å². The van der Waals surface area contributed by atoms with Gasteiger partial charge in [-0.3, -0.25) is 0 Å².